The third-order valence-electron chi connectivity index (χ3n) is 3.43. The number of aromatic nitrogens is 4. The molecule has 0 unspecified atom stereocenters. The zero-order chi connectivity index (χ0) is 16.4. The smallest absolute Gasteiger partial charge is 0.253 e. The summed E-state index contributed by atoms with van der Waals surface area (Å²) in [5, 5.41) is 13.9. The highest BCUT2D eigenvalue weighted by Crippen LogP contribution is 2.27. The second-order valence-electron chi connectivity index (χ2n) is 5.36. The summed E-state index contributed by atoms with van der Waals surface area (Å²) in [5.41, 5.74) is 9.88. The molecule has 3 rings (SSSR count). The molecule has 0 saturated heterocycles. The van der Waals surface area contributed by atoms with Crippen molar-refractivity contribution >= 4 is 11.6 Å². The van der Waals surface area contributed by atoms with Gasteiger partial charge < -0.3 is 10.6 Å². The molecule has 0 saturated carbocycles. The fourth-order valence-corrected chi connectivity index (χ4v) is 2.29. The molecule has 7 heteroatoms. The lowest BCUT2D eigenvalue weighted by Crippen LogP contribution is -2.21. The second-order valence-corrected chi connectivity index (χ2v) is 5.36. The first kappa shape index (κ1) is 14.7. The zero-order valence-electron chi connectivity index (χ0n) is 12.8. The largest absolute Gasteiger partial charge is 0.399 e. The van der Waals surface area contributed by atoms with E-state index in [0.717, 1.165) is 16.7 Å². The Hall–Kier alpha value is -3.22. The molecular weight excluding hydrogens is 292 g/mol. The Morgan fingerprint density at radius 2 is 1.74 bits per heavy atom. The second kappa shape index (κ2) is 5.88. The summed E-state index contributed by atoms with van der Waals surface area (Å²) in [7, 11) is 3.46. The number of nitrogens with one attached hydrogen (secondary N) is 1. The van der Waals surface area contributed by atoms with Gasteiger partial charge in [0.15, 0.2) is 0 Å². The van der Waals surface area contributed by atoms with Gasteiger partial charge in [0.25, 0.3) is 5.91 Å². The van der Waals surface area contributed by atoms with Crippen molar-refractivity contribution in [3.05, 3.63) is 48.0 Å². The van der Waals surface area contributed by atoms with Crippen molar-refractivity contribution in [3.8, 4) is 22.5 Å². The molecule has 1 aromatic heterocycles. The number of H-pyrrole nitrogens is 1. The maximum Gasteiger partial charge on any atom is 0.253 e. The molecule has 1 amide bonds. The van der Waals surface area contributed by atoms with E-state index in [2.05, 4.69) is 20.6 Å². The molecule has 1 heterocycles. The van der Waals surface area contributed by atoms with Crippen LogP contribution in [0, 0.1) is 0 Å². The van der Waals surface area contributed by atoms with Gasteiger partial charge in [-0.25, -0.2) is 0 Å². The Morgan fingerprint density at radius 3 is 2.35 bits per heavy atom. The van der Waals surface area contributed by atoms with E-state index < -0.39 is 0 Å². The number of nitrogens with two attached hydrogens (primary N) is 1. The van der Waals surface area contributed by atoms with Gasteiger partial charge in [0.05, 0.1) is 0 Å². The van der Waals surface area contributed by atoms with E-state index in [1.807, 2.05) is 24.3 Å². The van der Waals surface area contributed by atoms with E-state index in [9.17, 15) is 4.79 Å². The van der Waals surface area contributed by atoms with Gasteiger partial charge in [-0.1, -0.05) is 12.1 Å². The highest BCUT2D eigenvalue weighted by Gasteiger charge is 2.10. The summed E-state index contributed by atoms with van der Waals surface area (Å²) in [6.07, 6.45) is 0. The molecule has 3 N–H and O–H groups in total. The van der Waals surface area contributed by atoms with Crippen LogP contribution in [0.2, 0.25) is 0 Å². The van der Waals surface area contributed by atoms with Crippen LogP contribution in [0.3, 0.4) is 0 Å². The SMILES string of the molecule is CN(C)C(=O)c1ccc(-c2cc(N)cc(-c3nn[nH]n3)c2)cc1. The Balaban J connectivity index is 1.97. The van der Waals surface area contributed by atoms with Gasteiger partial charge in [-0.2, -0.15) is 5.21 Å². The lowest BCUT2D eigenvalue weighted by atomic mass is 10.0. The minimum absolute atomic E-state index is 0.0309. The Morgan fingerprint density at radius 1 is 1.04 bits per heavy atom. The lowest BCUT2D eigenvalue weighted by Gasteiger charge is -2.11. The van der Waals surface area contributed by atoms with Crippen LogP contribution in [0.15, 0.2) is 42.5 Å². The van der Waals surface area contributed by atoms with Crippen molar-refractivity contribution in [2.24, 2.45) is 0 Å². The molecular formula is C16H16N6O. The molecule has 0 spiro atoms. The number of tetrazole rings is 1. The van der Waals surface area contributed by atoms with Crippen LogP contribution in [-0.2, 0) is 0 Å². The summed E-state index contributed by atoms with van der Waals surface area (Å²) in [6.45, 7) is 0. The molecule has 116 valence electrons. The van der Waals surface area contributed by atoms with Crippen molar-refractivity contribution in [3.63, 3.8) is 0 Å². The van der Waals surface area contributed by atoms with Crippen molar-refractivity contribution < 1.29 is 4.79 Å². The predicted octanol–water partition coefficient (Wildman–Crippen LogP) is 1.82. The summed E-state index contributed by atoms with van der Waals surface area (Å²) < 4.78 is 0. The van der Waals surface area contributed by atoms with Gasteiger partial charge in [0.1, 0.15) is 0 Å². The number of hydrogen-bond acceptors (Lipinski definition) is 5. The molecule has 0 fully saturated rings. The Kier molecular flexibility index (Phi) is 3.76. The molecule has 0 atom stereocenters. The number of carbonyl (C=O) groups is 1. The normalized spacial score (nSPS) is 10.5. The minimum Gasteiger partial charge on any atom is -0.399 e. The predicted molar refractivity (Wildman–Crippen MR) is 87.5 cm³/mol. The highest BCUT2D eigenvalue weighted by molar-refractivity contribution is 5.94. The number of nitrogens with zero attached hydrogens (tertiary/aromatic N) is 4. The number of rotatable bonds is 3. The van der Waals surface area contributed by atoms with Crippen LogP contribution in [0.4, 0.5) is 5.69 Å². The van der Waals surface area contributed by atoms with Gasteiger partial charge in [-0.15, -0.1) is 10.2 Å². The molecule has 0 aliphatic rings. The minimum atomic E-state index is -0.0309. The first-order chi connectivity index (χ1) is 11.0. The molecule has 3 aromatic rings. The molecule has 0 aliphatic heterocycles. The van der Waals surface area contributed by atoms with E-state index in [-0.39, 0.29) is 5.91 Å². The van der Waals surface area contributed by atoms with Crippen molar-refractivity contribution in [2.45, 2.75) is 0 Å². The van der Waals surface area contributed by atoms with Crippen LogP contribution in [0.1, 0.15) is 10.4 Å². The lowest BCUT2D eigenvalue weighted by molar-refractivity contribution is 0.0827. The number of nitrogen functional groups attached to an aromatic ring is 1. The monoisotopic (exact) mass is 308 g/mol. The number of hydrogen-bond donors (Lipinski definition) is 2. The Labute approximate surface area is 133 Å². The number of aromatic amines is 1. The van der Waals surface area contributed by atoms with E-state index in [1.54, 1.807) is 37.2 Å². The van der Waals surface area contributed by atoms with E-state index >= 15 is 0 Å². The Bertz CT molecular complexity index is 824. The molecule has 23 heavy (non-hydrogen) atoms. The average Bonchev–Trinajstić information content (AvgIpc) is 3.08. The fraction of sp³-hybridized carbons (Fsp3) is 0.125. The fourth-order valence-electron chi connectivity index (χ4n) is 2.29. The summed E-state index contributed by atoms with van der Waals surface area (Å²) in [6, 6.07) is 13.0. The van der Waals surface area contributed by atoms with Crippen LogP contribution < -0.4 is 5.73 Å². The number of benzene rings is 2. The number of carbonyl (C=O) groups excluding carboxylic acids is 1. The van der Waals surface area contributed by atoms with Gasteiger partial charge in [0, 0.05) is 30.9 Å². The van der Waals surface area contributed by atoms with E-state index in [0.29, 0.717) is 17.1 Å². The zero-order valence-corrected chi connectivity index (χ0v) is 12.8. The molecule has 2 aromatic carbocycles. The van der Waals surface area contributed by atoms with Crippen LogP contribution >= 0.6 is 0 Å². The maximum absolute atomic E-state index is 11.9. The van der Waals surface area contributed by atoms with Crippen molar-refractivity contribution in [1.29, 1.82) is 0 Å². The first-order valence-corrected chi connectivity index (χ1v) is 7.01. The molecule has 7 nitrogen and oxygen atoms in total. The third kappa shape index (κ3) is 3.03. The van der Waals surface area contributed by atoms with Crippen molar-refractivity contribution in [1.82, 2.24) is 25.5 Å². The summed E-state index contributed by atoms with van der Waals surface area (Å²) >= 11 is 0. The molecule has 0 aliphatic carbocycles. The van der Waals surface area contributed by atoms with Crippen LogP contribution in [0.25, 0.3) is 22.5 Å². The third-order valence-corrected chi connectivity index (χ3v) is 3.43. The van der Waals surface area contributed by atoms with E-state index in [4.69, 9.17) is 5.73 Å². The number of anilines is 1. The average molecular weight is 308 g/mol. The summed E-state index contributed by atoms with van der Waals surface area (Å²) in [4.78, 5) is 13.5. The topological polar surface area (TPSA) is 101 Å². The standard InChI is InChI=1S/C16H16N6O/c1-22(2)16(23)11-5-3-10(4-6-11)12-7-13(9-14(17)8-12)15-18-20-21-19-15/h3-9H,17H2,1-2H3,(H,18,19,20,21). The quantitative estimate of drug-likeness (QED) is 0.719. The summed E-state index contributed by atoms with van der Waals surface area (Å²) in [5.74, 6) is 0.453. The van der Waals surface area contributed by atoms with Crippen LogP contribution in [-0.4, -0.2) is 45.5 Å². The molecule has 0 radical (unpaired) electrons. The van der Waals surface area contributed by atoms with Crippen molar-refractivity contribution in [2.75, 3.05) is 19.8 Å². The molecule has 0 bridgehead atoms. The maximum atomic E-state index is 11.9. The highest BCUT2D eigenvalue weighted by atomic mass is 16.2. The van der Waals surface area contributed by atoms with Crippen LogP contribution in [0.5, 0.6) is 0 Å². The van der Waals surface area contributed by atoms with Gasteiger partial charge >= 0.3 is 0 Å². The van der Waals surface area contributed by atoms with Gasteiger partial charge in [-0.05, 0) is 46.7 Å². The number of amides is 1. The first-order valence-electron chi connectivity index (χ1n) is 7.01. The van der Waals surface area contributed by atoms with Gasteiger partial charge in [0.2, 0.25) is 5.82 Å². The van der Waals surface area contributed by atoms with Gasteiger partial charge in [-0.3, -0.25) is 4.79 Å². The van der Waals surface area contributed by atoms with E-state index in [1.165, 1.54) is 0 Å².